The number of rotatable bonds is 11. The van der Waals surface area contributed by atoms with Crippen molar-refractivity contribution >= 4 is 16.9 Å². The summed E-state index contributed by atoms with van der Waals surface area (Å²) in [4.78, 5) is 18.1. The number of carboxylic acids is 1. The molecule has 0 radical (unpaired) electrons. The highest BCUT2D eigenvalue weighted by molar-refractivity contribution is 5.83. The number of halogens is 4. The van der Waals surface area contributed by atoms with E-state index in [2.05, 4.69) is 9.88 Å². The molecule has 5 nitrogen and oxygen atoms in total. The molecule has 0 aliphatic carbocycles. The number of carbonyl (C=O) groups is 1. The molecule has 1 aromatic heterocycles. The van der Waals surface area contributed by atoms with Crippen LogP contribution in [0.1, 0.15) is 49.7 Å². The Morgan fingerprint density at radius 2 is 1.74 bits per heavy atom. The van der Waals surface area contributed by atoms with Gasteiger partial charge in [-0.15, -0.1) is 0 Å². The molecule has 4 rings (SSSR count). The number of carboxylic acid groups (broad SMARTS) is 1. The Balaban J connectivity index is 1.34. The monoisotopic (exact) mass is 532 g/mol. The number of hydrogen-bond donors (Lipinski definition) is 1. The smallest absolute Gasteiger partial charge is 0.303 e. The topological polar surface area (TPSA) is 62.7 Å². The number of nitrogens with zero attached hydrogens (tertiary/aromatic N) is 2. The molecule has 3 aromatic rings. The molecule has 2 aromatic carbocycles. The van der Waals surface area contributed by atoms with Crippen LogP contribution in [-0.2, 0) is 17.6 Å². The van der Waals surface area contributed by atoms with Gasteiger partial charge in [-0.1, -0.05) is 0 Å². The first-order valence-electron chi connectivity index (χ1n) is 12.9. The minimum Gasteiger partial charge on any atom is -0.497 e. The highest BCUT2D eigenvalue weighted by Crippen LogP contribution is 2.40. The number of benzene rings is 2. The van der Waals surface area contributed by atoms with Crippen molar-refractivity contribution in [3.63, 3.8) is 0 Å². The number of fused-ring (bicyclic) bond motifs is 1. The van der Waals surface area contributed by atoms with Crippen molar-refractivity contribution in [2.24, 2.45) is 5.41 Å². The van der Waals surface area contributed by atoms with Gasteiger partial charge in [-0.3, -0.25) is 9.78 Å². The number of pyridine rings is 1. The van der Waals surface area contributed by atoms with Crippen molar-refractivity contribution < 1.29 is 32.2 Å². The van der Waals surface area contributed by atoms with Gasteiger partial charge in [-0.05, 0) is 111 Å². The predicted octanol–water partition coefficient (Wildman–Crippen LogP) is 6.31. The molecule has 0 amide bonds. The summed E-state index contributed by atoms with van der Waals surface area (Å²) >= 11 is 0. The first-order valence-corrected chi connectivity index (χ1v) is 12.9. The zero-order valence-corrected chi connectivity index (χ0v) is 21.4. The Morgan fingerprint density at radius 1 is 1.03 bits per heavy atom. The van der Waals surface area contributed by atoms with Gasteiger partial charge in [0, 0.05) is 5.39 Å². The van der Waals surface area contributed by atoms with Crippen molar-refractivity contribution in [1.82, 2.24) is 9.88 Å². The van der Waals surface area contributed by atoms with E-state index in [0.29, 0.717) is 92.4 Å². The number of methoxy groups -OCH3 is 1. The second kappa shape index (κ2) is 12.1. The lowest BCUT2D eigenvalue weighted by Crippen LogP contribution is -2.41. The van der Waals surface area contributed by atoms with E-state index in [4.69, 9.17) is 4.74 Å². The second-order valence-electron chi connectivity index (χ2n) is 10.2. The second-order valence-corrected chi connectivity index (χ2v) is 10.2. The first-order chi connectivity index (χ1) is 18.2. The molecular formula is C29H32F4N2O3. The van der Waals surface area contributed by atoms with Crippen LogP contribution in [0.5, 0.6) is 5.75 Å². The Hall–Kier alpha value is -3.20. The minimum atomic E-state index is -1.46. The Morgan fingerprint density at radius 3 is 2.39 bits per heavy atom. The predicted molar refractivity (Wildman–Crippen MR) is 136 cm³/mol. The maximum atomic E-state index is 14.7. The fourth-order valence-electron chi connectivity index (χ4n) is 5.57. The molecule has 0 spiro atoms. The molecule has 1 aliphatic heterocycles. The van der Waals surface area contributed by atoms with Gasteiger partial charge >= 0.3 is 5.97 Å². The number of hydrogen-bond acceptors (Lipinski definition) is 4. The SMILES string of the molecule is COc1ccc2ncc(F)c(CCCC3(CC(=O)O)CCN(CCCc4cc(F)c(F)c(F)c4)CC3)c2c1. The van der Waals surface area contributed by atoms with Crippen LogP contribution in [0.3, 0.4) is 0 Å². The first kappa shape index (κ1) is 27.8. The lowest BCUT2D eigenvalue weighted by Gasteiger charge is -2.41. The van der Waals surface area contributed by atoms with Crippen molar-refractivity contribution in [3.05, 3.63) is 70.9 Å². The third kappa shape index (κ3) is 6.62. The van der Waals surface area contributed by atoms with Crippen LogP contribution in [0.25, 0.3) is 10.9 Å². The van der Waals surface area contributed by atoms with Crippen molar-refractivity contribution in [2.45, 2.75) is 51.4 Å². The lowest BCUT2D eigenvalue weighted by molar-refractivity contribution is -0.140. The highest BCUT2D eigenvalue weighted by Gasteiger charge is 2.36. The quantitative estimate of drug-likeness (QED) is 0.232. The molecular weight excluding hydrogens is 500 g/mol. The maximum Gasteiger partial charge on any atom is 0.303 e. The van der Waals surface area contributed by atoms with E-state index in [-0.39, 0.29) is 17.7 Å². The van der Waals surface area contributed by atoms with Gasteiger partial charge < -0.3 is 14.7 Å². The van der Waals surface area contributed by atoms with Gasteiger partial charge in [-0.25, -0.2) is 17.6 Å². The van der Waals surface area contributed by atoms with Crippen LogP contribution in [0, 0.1) is 28.7 Å². The molecule has 0 unspecified atom stereocenters. The van der Waals surface area contributed by atoms with Crippen LogP contribution in [0.15, 0.2) is 36.5 Å². The van der Waals surface area contributed by atoms with Crippen molar-refractivity contribution in [2.75, 3.05) is 26.7 Å². The number of aliphatic carboxylic acids is 1. The summed E-state index contributed by atoms with van der Waals surface area (Å²) in [6.07, 6.45) is 5.52. The van der Waals surface area contributed by atoms with E-state index in [0.717, 1.165) is 12.1 Å². The minimum absolute atomic E-state index is 0.0579. The molecule has 9 heteroatoms. The van der Waals surface area contributed by atoms with E-state index in [1.54, 1.807) is 25.3 Å². The normalized spacial score (nSPS) is 15.6. The van der Waals surface area contributed by atoms with Crippen LogP contribution >= 0.6 is 0 Å². The summed E-state index contributed by atoms with van der Waals surface area (Å²) in [7, 11) is 1.55. The van der Waals surface area contributed by atoms with E-state index in [1.165, 1.54) is 6.20 Å². The van der Waals surface area contributed by atoms with Gasteiger partial charge in [0.05, 0.1) is 25.2 Å². The van der Waals surface area contributed by atoms with Gasteiger partial charge in [-0.2, -0.15) is 0 Å². The molecule has 204 valence electrons. The van der Waals surface area contributed by atoms with E-state index >= 15 is 0 Å². The summed E-state index contributed by atoms with van der Waals surface area (Å²) in [5, 5.41) is 10.3. The van der Waals surface area contributed by atoms with Crippen LogP contribution in [-0.4, -0.2) is 47.7 Å². The van der Waals surface area contributed by atoms with Crippen LogP contribution in [0.2, 0.25) is 0 Å². The van der Waals surface area contributed by atoms with E-state index in [9.17, 15) is 27.5 Å². The van der Waals surface area contributed by atoms with Gasteiger partial charge in [0.2, 0.25) is 0 Å². The van der Waals surface area contributed by atoms with E-state index in [1.807, 2.05) is 0 Å². The number of piperidine rings is 1. The molecule has 0 bridgehead atoms. The van der Waals surface area contributed by atoms with Gasteiger partial charge in [0.15, 0.2) is 17.5 Å². The fraction of sp³-hybridized carbons (Fsp3) is 0.448. The largest absolute Gasteiger partial charge is 0.497 e. The summed E-state index contributed by atoms with van der Waals surface area (Å²) < 4.78 is 60.1. The fourth-order valence-corrected chi connectivity index (χ4v) is 5.57. The maximum absolute atomic E-state index is 14.7. The number of ether oxygens (including phenoxy) is 1. The number of likely N-dealkylation sites (tertiary alicyclic amines) is 1. The molecule has 1 saturated heterocycles. The van der Waals surface area contributed by atoms with Gasteiger partial charge in [0.1, 0.15) is 11.6 Å². The molecule has 1 aliphatic rings. The summed E-state index contributed by atoms with van der Waals surface area (Å²) in [6.45, 7) is 2.12. The molecule has 38 heavy (non-hydrogen) atoms. The Kier molecular flexibility index (Phi) is 8.87. The standard InChI is InChI=1S/C29H32F4N2O3/c1-38-20-6-7-26-22(16-20)21(25(32)18-34-26)5-2-8-29(17-27(36)37)9-12-35(13-10-29)11-3-4-19-14-23(30)28(33)24(31)15-19/h6-7,14-16,18H,2-5,8-13,17H2,1H3,(H,36,37). The average molecular weight is 533 g/mol. The van der Waals surface area contributed by atoms with Crippen molar-refractivity contribution in [3.8, 4) is 5.75 Å². The molecule has 1 fully saturated rings. The van der Waals surface area contributed by atoms with E-state index < -0.39 is 23.4 Å². The average Bonchev–Trinajstić information content (AvgIpc) is 2.89. The number of aromatic nitrogens is 1. The molecule has 1 N–H and O–H groups in total. The van der Waals surface area contributed by atoms with Crippen LogP contribution < -0.4 is 4.74 Å². The van der Waals surface area contributed by atoms with Gasteiger partial charge in [0.25, 0.3) is 0 Å². The Labute approximate surface area is 219 Å². The van der Waals surface area contributed by atoms with Crippen LogP contribution in [0.4, 0.5) is 17.6 Å². The summed E-state index contributed by atoms with van der Waals surface area (Å²) in [6, 6.07) is 7.40. The summed E-state index contributed by atoms with van der Waals surface area (Å²) in [5.41, 5.74) is 1.28. The van der Waals surface area contributed by atoms with Crippen molar-refractivity contribution in [1.29, 1.82) is 0 Å². The molecule has 0 saturated carbocycles. The highest BCUT2D eigenvalue weighted by atomic mass is 19.2. The molecule has 0 atom stereocenters. The summed E-state index contributed by atoms with van der Waals surface area (Å²) in [5.74, 6) is -4.43. The molecule has 2 heterocycles. The third-order valence-corrected chi connectivity index (χ3v) is 7.69. The lowest BCUT2D eigenvalue weighted by atomic mass is 9.72. The zero-order valence-electron chi connectivity index (χ0n) is 21.4. The number of aryl methyl sites for hydroxylation is 2. The third-order valence-electron chi connectivity index (χ3n) is 7.69. The zero-order chi connectivity index (χ0) is 27.3. The Bertz CT molecular complexity index is 1270.